The lowest BCUT2D eigenvalue weighted by Crippen LogP contribution is -2.42. The SMILES string of the molecule is CCNC(=NCc1ccc(C)cc1OCCOCC)NCC(O)COc1ccc(F)cc1. The normalized spacial score (nSPS) is 12.3. The van der Waals surface area contributed by atoms with Gasteiger partial charge >= 0.3 is 0 Å². The second-order valence-electron chi connectivity index (χ2n) is 7.15. The van der Waals surface area contributed by atoms with Crippen LogP contribution in [0.2, 0.25) is 0 Å². The maximum Gasteiger partial charge on any atom is 0.191 e. The predicted octanol–water partition coefficient (Wildman–Crippen LogP) is 3.04. The van der Waals surface area contributed by atoms with Crippen molar-refractivity contribution in [3.8, 4) is 11.5 Å². The summed E-state index contributed by atoms with van der Waals surface area (Å²) in [6, 6.07) is 11.7. The highest BCUT2D eigenvalue weighted by Crippen LogP contribution is 2.21. The summed E-state index contributed by atoms with van der Waals surface area (Å²) in [6.45, 7) is 9.04. The van der Waals surface area contributed by atoms with Crippen molar-refractivity contribution in [1.29, 1.82) is 0 Å². The van der Waals surface area contributed by atoms with Gasteiger partial charge in [0.2, 0.25) is 0 Å². The minimum absolute atomic E-state index is 0.0772. The minimum Gasteiger partial charge on any atom is -0.491 e. The summed E-state index contributed by atoms with van der Waals surface area (Å²) in [5.41, 5.74) is 2.07. The number of halogens is 1. The Bertz CT molecular complexity index is 830. The third kappa shape index (κ3) is 9.53. The van der Waals surface area contributed by atoms with Crippen LogP contribution < -0.4 is 20.1 Å². The predicted molar refractivity (Wildman–Crippen MR) is 124 cm³/mol. The molecule has 0 spiro atoms. The zero-order valence-electron chi connectivity index (χ0n) is 19.1. The highest BCUT2D eigenvalue weighted by molar-refractivity contribution is 5.79. The van der Waals surface area contributed by atoms with Crippen LogP contribution in [0.15, 0.2) is 47.5 Å². The number of nitrogens with zero attached hydrogens (tertiary/aromatic N) is 1. The van der Waals surface area contributed by atoms with Gasteiger partial charge in [0.15, 0.2) is 5.96 Å². The van der Waals surface area contributed by atoms with E-state index < -0.39 is 6.10 Å². The molecule has 7 nitrogen and oxygen atoms in total. The first kappa shape index (κ1) is 25.4. The quantitative estimate of drug-likeness (QED) is 0.249. The van der Waals surface area contributed by atoms with E-state index in [4.69, 9.17) is 14.2 Å². The second-order valence-corrected chi connectivity index (χ2v) is 7.15. The van der Waals surface area contributed by atoms with Crippen molar-refractivity contribution in [1.82, 2.24) is 10.6 Å². The minimum atomic E-state index is -0.763. The van der Waals surface area contributed by atoms with Crippen LogP contribution in [0.4, 0.5) is 4.39 Å². The fourth-order valence-electron chi connectivity index (χ4n) is 2.78. The molecule has 0 bridgehead atoms. The lowest BCUT2D eigenvalue weighted by molar-refractivity contribution is 0.110. The monoisotopic (exact) mass is 447 g/mol. The van der Waals surface area contributed by atoms with Crippen molar-refractivity contribution in [2.45, 2.75) is 33.4 Å². The molecular formula is C24H34FN3O4. The first-order valence-corrected chi connectivity index (χ1v) is 10.9. The fourth-order valence-corrected chi connectivity index (χ4v) is 2.78. The Morgan fingerprint density at radius 2 is 1.84 bits per heavy atom. The molecule has 0 aliphatic carbocycles. The number of nitrogens with one attached hydrogen (secondary N) is 2. The van der Waals surface area contributed by atoms with E-state index >= 15 is 0 Å². The van der Waals surface area contributed by atoms with Crippen LogP contribution in [0.25, 0.3) is 0 Å². The third-order valence-electron chi connectivity index (χ3n) is 4.42. The molecule has 0 aromatic heterocycles. The van der Waals surface area contributed by atoms with Crippen LogP contribution in [0.3, 0.4) is 0 Å². The number of hydrogen-bond donors (Lipinski definition) is 3. The topological polar surface area (TPSA) is 84.3 Å². The molecule has 8 heteroatoms. The van der Waals surface area contributed by atoms with Crippen LogP contribution in [0.5, 0.6) is 11.5 Å². The Kier molecular flexibility index (Phi) is 11.3. The van der Waals surface area contributed by atoms with Gasteiger partial charge in [-0.05, 0) is 56.7 Å². The van der Waals surface area contributed by atoms with E-state index in [0.29, 0.717) is 44.6 Å². The van der Waals surface area contributed by atoms with Crippen molar-refractivity contribution in [2.75, 3.05) is 39.5 Å². The largest absolute Gasteiger partial charge is 0.491 e. The van der Waals surface area contributed by atoms with E-state index in [2.05, 4.69) is 15.6 Å². The van der Waals surface area contributed by atoms with Crippen LogP contribution >= 0.6 is 0 Å². The lowest BCUT2D eigenvalue weighted by Gasteiger charge is -2.16. The highest BCUT2D eigenvalue weighted by atomic mass is 19.1. The summed E-state index contributed by atoms with van der Waals surface area (Å²) in [7, 11) is 0. The van der Waals surface area contributed by atoms with E-state index in [1.165, 1.54) is 24.3 Å². The summed E-state index contributed by atoms with van der Waals surface area (Å²) < 4.78 is 29.7. The molecule has 32 heavy (non-hydrogen) atoms. The van der Waals surface area contributed by atoms with E-state index in [1.54, 1.807) is 0 Å². The first-order valence-electron chi connectivity index (χ1n) is 10.9. The van der Waals surface area contributed by atoms with Gasteiger partial charge in [-0.2, -0.15) is 0 Å². The molecule has 0 fully saturated rings. The van der Waals surface area contributed by atoms with Crippen molar-refractivity contribution in [2.24, 2.45) is 4.99 Å². The molecule has 2 rings (SSSR count). The molecule has 0 saturated carbocycles. The van der Waals surface area contributed by atoms with Gasteiger partial charge in [0.05, 0.1) is 13.2 Å². The Morgan fingerprint density at radius 1 is 1.06 bits per heavy atom. The number of rotatable bonds is 13. The molecule has 0 amide bonds. The fraction of sp³-hybridized carbons (Fsp3) is 0.458. The number of aliphatic imine (C=N–C) groups is 1. The molecule has 176 valence electrons. The number of aliphatic hydroxyl groups excluding tert-OH is 1. The van der Waals surface area contributed by atoms with E-state index in [1.807, 2.05) is 39.0 Å². The second kappa shape index (κ2) is 14.3. The molecule has 0 heterocycles. The summed E-state index contributed by atoms with van der Waals surface area (Å²) in [4.78, 5) is 4.61. The molecular weight excluding hydrogens is 413 g/mol. The van der Waals surface area contributed by atoms with Crippen molar-refractivity contribution in [3.63, 3.8) is 0 Å². The van der Waals surface area contributed by atoms with Gasteiger partial charge in [0.1, 0.15) is 36.6 Å². The summed E-state index contributed by atoms with van der Waals surface area (Å²) in [6.07, 6.45) is -0.763. The van der Waals surface area contributed by atoms with Crippen molar-refractivity contribution in [3.05, 3.63) is 59.4 Å². The molecule has 0 aliphatic heterocycles. The number of guanidine groups is 1. The van der Waals surface area contributed by atoms with Crippen molar-refractivity contribution < 1.29 is 23.7 Å². The summed E-state index contributed by atoms with van der Waals surface area (Å²) in [5.74, 6) is 1.54. The van der Waals surface area contributed by atoms with Gasteiger partial charge in [-0.1, -0.05) is 12.1 Å². The van der Waals surface area contributed by atoms with Crippen LogP contribution in [-0.4, -0.2) is 56.7 Å². The molecule has 2 aromatic carbocycles. The Labute approximate surface area is 189 Å². The Hall–Kier alpha value is -2.84. The average molecular weight is 448 g/mol. The van der Waals surface area contributed by atoms with Gasteiger partial charge in [0, 0.05) is 25.3 Å². The maximum atomic E-state index is 13.0. The molecule has 0 radical (unpaired) electrons. The third-order valence-corrected chi connectivity index (χ3v) is 4.42. The molecule has 1 atom stereocenters. The molecule has 0 aliphatic rings. The molecule has 0 saturated heterocycles. The van der Waals surface area contributed by atoms with E-state index in [-0.39, 0.29) is 19.0 Å². The number of ether oxygens (including phenoxy) is 3. The summed E-state index contributed by atoms with van der Waals surface area (Å²) in [5, 5.41) is 16.5. The number of aryl methyl sites for hydroxylation is 1. The van der Waals surface area contributed by atoms with Gasteiger partial charge in [-0.25, -0.2) is 9.38 Å². The standard InChI is InChI=1S/C24H34FN3O4/c1-4-26-24(28-16-21(29)17-32-22-10-8-20(25)9-11-22)27-15-19-7-6-18(3)14-23(19)31-13-12-30-5-2/h6-11,14,21,29H,4-5,12-13,15-17H2,1-3H3,(H2,26,27,28). The average Bonchev–Trinajstić information content (AvgIpc) is 2.79. The van der Waals surface area contributed by atoms with Gasteiger partial charge in [-0.15, -0.1) is 0 Å². The van der Waals surface area contributed by atoms with Gasteiger partial charge in [0.25, 0.3) is 0 Å². The van der Waals surface area contributed by atoms with E-state index in [9.17, 15) is 9.50 Å². The van der Waals surface area contributed by atoms with Crippen LogP contribution in [-0.2, 0) is 11.3 Å². The van der Waals surface area contributed by atoms with E-state index in [0.717, 1.165) is 16.9 Å². The Balaban J connectivity index is 1.89. The Morgan fingerprint density at radius 3 is 2.56 bits per heavy atom. The zero-order chi connectivity index (χ0) is 23.2. The highest BCUT2D eigenvalue weighted by Gasteiger charge is 2.09. The first-order chi connectivity index (χ1) is 15.5. The smallest absolute Gasteiger partial charge is 0.191 e. The van der Waals surface area contributed by atoms with Crippen LogP contribution in [0, 0.1) is 12.7 Å². The molecule has 1 unspecified atom stereocenters. The maximum absolute atomic E-state index is 13.0. The molecule has 3 N–H and O–H groups in total. The zero-order valence-corrected chi connectivity index (χ0v) is 19.1. The number of aliphatic hydroxyl groups is 1. The number of benzene rings is 2. The number of hydrogen-bond acceptors (Lipinski definition) is 5. The van der Waals surface area contributed by atoms with Crippen LogP contribution in [0.1, 0.15) is 25.0 Å². The summed E-state index contributed by atoms with van der Waals surface area (Å²) >= 11 is 0. The van der Waals surface area contributed by atoms with Crippen molar-refractivity contribution >= 4 is 5.96 Å². The molecule has 2 aromatic rings. The lowest BCUT2D eigenvalue weighted by atomic mass is 10.1. The van der Waals surface area contributed by atoms with Gasteiger partial charge < -0.3 is 30.0 Å². The van der Waals surface area contributed by atoms with Gasteiger partial charge in [-0.3, -0.25) is 0 Å².